The summed E-state index contributed by atoms with van der Waals surface area (Å²) in [5, 5.41) is 6.92. The summed E-state index contributed by atoms with van der Waals surface area (Å²) in [5.74, 6) is 0.632. The predicted molar refractivity (Wildman–Crippen MR) is 68.4 cm³/mol. The monoisotopic (exact) mass is 251 g/mol. The zero-order valence-corrected chi connectivity index (χ0v) is 10.6. The lowest BCUT2D eigenvalue weighted by atomic mass is 9.99. The molecule has 1 saturated heterocycles. The van der Waals surface area contributed by atoms with E-state index < -0.39 is 0 Å². The van der Waals surface area contributed by atoms with Crippen LogP contribution in [0.4, 0.5) is 5.13 Å². The van der Waals surface area contributed by atoms with Crippen LogP contribution in [0.3, 0.4) is 0 Å². The van der Waals surface area contributed by atoms with E-state index in [-0.39, 0.29) is 5.91 Å². The number of nitrogens with one attached hydrogen (secondary N) is 2. The Labute approximate surface area is 105 Å². The van der Waals surface area contributed by atoms with Crippen LogP contribution in [0.5, 0.6) is 0 Å². The van der Waals surface area contributed by atoms with E-state index in [1.165, 1.54) is 23.4 Å². The first-order chi connectivity index (χ1) is 8.31. The molecule has 3 rings (SSSR count). The number of carbonyl (C=O) groups excluding carboxylic acids is 1. The highest BCUT2D eigenvalue weighted by molar-refractivity contribution is 7.15. The molecule has 0 radical (unpaired) electrons. The summed E-state index contributed by atoms with van der Waals surface area (Å²) >= 11 is 1.66. The fraction of sp³-hybridized carbons (Fsp3) is 0.667. The lowest BCUT2D eigenvalue weighted by Crippen LogP contribution is -2.43. The molecule has 1 fully saturated rings. The topological polar surface area (TPSA) is 54.0 Å². The van der Waals surface area contributed by atoms with Crippen molar-refractivity contribution in [1.82, 2.24) is 10.3 Å². The highest BCUT2D eigenvalue weighted by Crippen LogP contribution is 2.29. The van der Waals surface area contributed by atoms with E-state index in [4.69, 9.17) is 0 Å². The summed E-state index contributed by atoms with van der Waals surface area (Å²) in [6, 6.07) is 0. The molecule has 2 aliphatic rings. The van der Waals surface area contributed by atoms with E-state index in [1.807, 2.05) is 0 Å². The number of thiazole rings is 1. The Hall–Kier alpha value is -0.940. The zero-order chi connectivity index (χ0) is 11.7. The highest BCUT2D eigenvalue weighted by atomic mass is 32.1. The molecule has 0 spiro atoms. The minimum absolute atomic E-state index is 0.114. The molecule has 1 aliphatic carbocycles. The SMILES string of the molecule is O=C(CC1CNC1)Nc1nc2c(s1)CCCC2. The van der Waals surface area contributed by atoms with Gasteiger partial charge in [0.1, 0.15) is 0 Å². The summed E-state index contributed by atoms with van der Waals surface area (Å²) in [5.41, 5.74) is 1.21. The van der Waals surface area contributed by atoms with Crippen LogP contribution in [0, 0.1) is 5.92 Å². The summed E-state index contributed by atoms with van der Waals surface area (Å²) in [6.07, 6.45) is 5.33. The number of aryl methyl sites for hydroxylation is 2. The maximum absolute atomic E-state index is 11.8. The molecule has 5 heteroatoms. The molecular weight excluding hydrogens is 234 g/mol. The molecule has 0 saturated carbocycles. The molecule has 4 nitrogen and oxygen atoms in total. The third-order valence-corrected chi connectivity index (χ3v) is 4.50. The van der Waals surface area contributed by atoms with Gasteiger partial charge in [0.15, 0.2) is 5.13 Å². The second-order valence-corrected chi connectivity index (χ2v) is 5.96. The number of hydrogen-bond donors (Lipinski definition) is 2. The number of carbonyl (C=O) groups is 1. The van der Waals surface area contributed by atoms with Gasteiger partial charge in [-0.25, -0.2) is 4.98 Å². The van der Waals surface area contributed by atoms with Gasteiger partial charge in [0.05, 0.1) is 5.69 Å². The maximum Gasteiger partial charge on any atom is 0.226 e. The van der Waals surface area contributed by atoms with Gasteiger partial charge in [0.2, 0.25) is 5.91 Å². The Balaban J connectivity index is 1.60. The van der Waals surface area contributed by atoms with Crippen molar-refractivity contribution in [2.24, 2.45) is 5.92 Å². The zero-order valence-electron chi connectivity index (χ0n) is 9.79. The average Bonchev–Trinajstić information content (AvgIpc) is 2.65. The van der Waals surface area contributed by atoms with Gasteiger partial charge >= 0.3 is 0 Å². The summed E-state index contributed by atoms with van der Waals surface area (Å²) in [6.45, 7) is 1.95. The first kappa shape index (κ1) is 11.2. The Kier molecular flexibility index (Phi) is 3.11. The molecule has 2 heterocycles. The predicted octanol–water partition coefficient (Wildman–Crippen LogP) is 1.57. The quantitative estimate of drug-likeness (QED) is 0.857. The molecule has 0 atom stereocenters. The Morgan fingerprint density at radius 2 is 2.24 bits per heavy atom. The van der Waals surface area contributed by atoms with Crippen molar-refractivity contribution in [2.45, 2.75) is 32.1 Å². The standard InChI is InChI=1S/C12H17N3OS/c16-11(5-8-6-13-7-8)15-12-14-9-3-1-2-4-10(9)17-12/h8,13H,1-7H2,(H,14,15,16). The van der Waals surface area contributed by atoms with E-state index in [9.17, 15) is 4.79 Å². The van der Waals surface area contributed by atoms with Gasteiger partial charge in [-0.05, 0) is 44.7 Å². The van der Waals surface area contributed by atoms with Crippen LogP contribution in [0.15, 0.2) is 0 Å². The molecule has 0 unspecified atom stereocenters. The summed E-state index contributed by atoms with van der Waals surface area (Å²) in [7, 11) is 0. The van der Waals surface area contributed by atoms with Crippen molar-refractivity contribution >= 4 is 22.4 Å². The Morgan fingerprint density at radius 3 is 2.94 bits per heavy atom. The van der Waals surface area contributed by atoms with Gasteiger partial charge < -0.3 is 10.6 Å². The minimum Gasteiger partial charge on any atom is -0.316 e. The largest absolute Gasteiger partial charge is 0.316 e. The number of fused-ring (bicyclic) bond motifs is 1. The number of hydrogen-bond acceptors (Lipinski definition) is 4. The average molecular weight is 251 g/mol. The van der Waals surface area contributed by atoms with Crippen LogP contribution in [0.2, 0.25) is 0 Å². The lowest BCUT2D eigenvalue weighted by molar-refractivity contribution is -0.117. The van der Waals surface area contributed by atoms with Crippen LogP contribution in [0.25, 0.3) is 0 Å². The molecule has 1 aromatic heterocycles. The van der Waals surface area contributed by atoms with Gasteiger partial charge in [-0.3, -0.25) is 4.79 Å². The minimum atomic E-state index is 0.114. The van der Waals surface area contributed by atoms with Crippen molar-refractivity contribution in [3.05, 3.63) is 10.6 Å². The molecule has 2 N–H and O–H groups in total. The second-order valence-electron chi connectivity index (χ2n) is 4.87. The van der Waals surface area contributed by atoms with Crippen molar-refractivity contribution in [2.75, 3.05) is 18.4 Å². The number of amides is 1. The number of rotatable bonds is 3. The summed E-state index contributed by atoms with van der Waals surface area (Å²) < 4.78 is 0. The van der Waals surface area contributed by atoms with Crippen molar-refractivity contribution in [1.29, 1.82) is 0 Å². The normalized spacial score (nSPS) is 19.5. The van der Waals surface area contributed by atoms with Crippen LogP contribution >= 0.6 is 11.3 Å². The summed E-state index contributed by atoms with van der Waals surface area (Å²) in [4.78, 5) is 17.6. The smallest absolute Gasteiger partial charge is 0.226 e. The second kappa shape index (κ2) is 4.74. The van der Waals surface area contributed by atoms with Crippen LogP contribution in [-0.4, -0.2) is 24.0 Å². The van der Waals surface area contributed by atoms with Crippen LogP contribution in [-0.2, 0) is 17.6 Å². The molecule has 1 aliphatic heterocycles. The lowest BCUT2D eigenvalue weighted by Gasteiger charge is -2.26. The van der Waals surface area contributed by atoms with Crippen molar-refractivity contribution < 1.29 is 4.79 Å². The first-order valence-corrected chi connectivity index (χ1v) is 7.12. The maximum atomic E-state index is 11.8. The molecule has 1 aromatic rings. The number of aromatic nitrogens is 1. The Bertz CT molecular complexity index is 402. The molecule has 92 valence electrons. The third kappa shape index (κ3) is 2.50. The van der Waals surface area contributed by atoms with E-state index in [1.54, 1.807) is 11.3 Å². The van der Waals surface area contributed by atoms with E-state index in [0.717, 1.165) is 31.1 Å². The molecule has 1 amide bonds. The van der Waals surface area contributed by atoms with E-state index in [2.05, 4.69) is 15.6 Å². The fourth-order valence-electron chi connectivity index (χ4n) is 2.33. The molecule has 0 aromatic carbocycles. The fourth-order valence-corrected chi connectivity index (χ4v) is 3.40. The van der Waals surface area contributed by atoms with Crippen LogP contribution in [0.1, 0.15) is 29.8 Å². The Morgan fingerprint density at radius 1 is 1.41 bits per heavy atom. The number of anilines is 1. The van der Waals surface area contributed by atoms with Crippen molar-refractivity contribution in [3.63, 3.8) is 0 Å². The molecule has 0 bridgehead atoms. The van der Waals surface area contributed by atoms with Crippen LogP contribution < -0.4 is 10.6 Å². The number of nitrogens with zero attached hydrogens (tertiary/aromatic N) is 1. The highest BCUT2D eigenvalue weighted by Gasteiger charge is 2.21. The van der Waals surface area contributed by atoms with E-state index in [0.29, 0.717) is 12.3 Å². The van der Waals surface area contributed by atoms with Gasteiger partial charge in [0, 0.05) is 11.3 Å². The van der Waals surface area contributed by atoms with Gasteiger partial charge in [-0.2, -0.15) is 0 Å². The molecular formula is C12H17N3OS. The third-order valence-electron chi connectivity index (χ3n) is 3.43. The van der Waals surface area contributed by atoms with Gasteiger partial charge in [-0.15, -0.1) is 11.3 Å². The van der Waals surface area contributed by atoms with Gasteiger partial charge in [-0.1, -0.05) is 0 Å². The van der Waals surface area contributed by atoms with E-state index >= 15 is 0 Å². The van der Waals surface area contributed by atoms with Crippen molar-refractivity contribution in [3.8, 4) is 0 Å². The molecule has 17 heavy (non-hydrogen) atoms. The first-order valence-electron chi connectivity index (χ1n) is 6.30. The van der Waals surface area contributed by atoms with Gasteiger partial charge in [0.25, 0.3) is 0 Å².